The molecule has 0 atom stereocenters. The van der Waals surface area contributed by atoms with Gasteiger partial charge in [0, 0.05) is 16.3 Å². The van der Waals surface area contributed by atoms with Crippen LogP contribution in [0.5, 0.6) is 0 Å². The molecule has 0 aliphatic rings. The highest BCUT2D eigenvalue weighted by Gasteiger charge is 2.13. The zero-order chi connectivity index (χ0) is 14.7. The summed E-state index contributed by atoms with van der Waals surface area (Å²) < 4.78 is 0. The molecule has 0 saturated heterocycles. The van der Waals surface area contributed by atoms with E-state index in [0.29, 0.717) is 10.7 Å². The van der Waals surface area contributed by atoms with E-state index in [1.807, 2.05) is 0 Å². The van der Waals surface area contributed by atoms with Crippen LogP contribution < -0.4 is 11.1 Å². The number of nitrogens with one attached hydrogen (secondary N) is 1. The number of carbonyl (C=O) groups excluding carboxylic acids is 1. The summed E-state index contributed by atoms with van der Waals surface area (Å²) in [6.07, 6.45) is 0. The topological polar surface area (TPSA) is 92.4 Å². The quantitative estimate of drug-likeness (QED) is 0.758. The molecule has 0 radical (unpaired) electrons. The van der Waals surface area contributed by atoms with E-state index in [-0.39, 0.29) is 16.8 Å². The largest absolute Gasteiger partial charge is 0.478 e. The maximum Gasteiger partial charge on any atom is 0.337 e. The lowest BCUT2D eigenvalue weighted by Gasteiger charge is -2.09. The van der Waals surface area contributed by atoms with Gasteiger partial charge in [-0.25, -0.2) is 4.79 Å². The van der Waals surface area contributed by atoms with Crippen molar-refractivity contribution in [2.45, 2.75) is 0 Å². The zero-order valence-electron chi connectivity index (χ0n) is 10.3. The molecule has 0 spiro atoms. The minimum atomic E-state index is -1.12. The van der Waals surface area contributed by atoms with Gasteiger partial charge in [0.05, 0.1) is 11.3 Å². The van der Waals surface area contributed by atoms with E-state index in [0.717, 1.165) is 0 Å². The van der Waals surface area contributed by atoms with E-state index in [4.69, 9.17) is 22.4 Å². The molecule has 0 unspecified atom stereocenters. The molecule has 0 aliphatic carbocycles. The summed E-state index contributed by atoms with van der Waals surface area (Å²) in [4.78, 5) is 23.1. The fourth-order valence-electron chi connectivity index (χ4n) is 1.72. The highest BCUT2D eigenvalue weighted by Crippen LogP contribution is 2.20. The van der Waals surface area contributed by atoms with Gasteiger partial charge in [0.1, 0.15) is 0 Å². The fourth-order valence-corrected chi connectivity index (χ4v) is 1.96. The van der Waals surface area contributed by atoms with E-state index >= 15 is 0 Å². The Morgan fingerprint density at radius 3 is 2.50 bits per heavy atom. The van der Waals surface area contributed by atoms with Crippen molar-refractivity contribution in [3.05, 3.63) is 58.6 Å². The highest BCUT2D eigenvalue weighted by atomic mass is 35.5. The maximum absolute atomic E-state index is 12.1. The Labute approximate surface area is 120 Å². The van der Waals surface area contributed by atoms with Gasteiger partial charge in [-0.2, -0.15) is 0 Å². The SMILES string of the molecule is Nc1cc(Cl)cc(C(=O)Nc2ccccc2C(=O)O)c1. The number of carboxylic acids is 1. The minimum absolute atomic E-state index is 0.0100. The summed E-state index contributed by atoms with van der Waals surface area (Å²) in [7, 11) is 0. The zero-order valence-corrected chi connectivity index (χ0v) is 11.0. The van der Waals surface area contributed by atoms with E-state index in [1.54, 1.807) is 12.1 Å². The van der Waals surface area contributed by atoms with Crippen LogP contribution in [-0.4, -0.2) is 17.0 Å². The third kappa shape index (κ3) is 3.07. The molecule has 0 aromatic heterocycles. The molecule has 102 valence electrons. The second-order valence-electron chi connectivity index (χ2n) is 4.08. The number of rotatable bonds is 3. The van der Waals surface area contributed by atoms with Crippen LogP contribution in [0.4, 0.5) is 11.4 Å². The van der Waals surface area contributed by atoms with Gasteiger partial charge >= 0.3 is 5.97 Å². The molecule has 0 heterocycles. The molecule has 0 saturated carbocycles. The van der Waals surface area contributed by atoms with Crippen LogP contribution in [0.3, 0.4) is 0 Å². The number of nitrogens with two attached hydrogens (primary N) is 1. The highest BCUT2D eigenvalue weighted by molar-refractivity contribution is 6.31. The lowest BCUT2D eigenvalue weighted by molar-refractivity contribution is 0.0698. The summed E-state index contributed by atoms with van der Waals surface area (Å²) in [6.45, 7) is 0. The Morgan fingerprint density at radius 1 is 1.15 bits per heavy atom. The Bertz CT molecular complexity index is 666. The molecule has 6 heteroatoms. The van der Waals surface area contributed by atoms with Crippen LogP contribution in [0.25, 0.3) is 0 Å². The van der Waals surface area contributed by atoms with Crippen molar-refractivity contribution >= 4 is 34.9 Å². The van der Waals surface area contributed by atoms with Crippen molar-refractivity contribution in [1.82, 2.24) is 0 Å². The van der Waals surface area contributed by atoms with E-state index in [1.165, 1.54) is 30.3 Å². The summed E-state index contributed by atoms with van der Waals surface area (Å²) in [5, 5.41) is 11.9. The number of benzene rings is 2. The van der Waals surface area contributed by atoms with Crippen LogP contribution in [-0.2, 0) is 0 Å². The number of para-hydroxylation sites is 1. The van der Waals surface area contributed by atoms with Gasteiger partial charge in [-0.1, -0.05) is 23.7 Å². The number of anilines is 2. The van der Waals surface area contributed by atoms with Gasteiger partial charge in [-0.3, -0.25) is 4.79 Å². The van der Waals surface area contributed by atoms with Gasteiger partial charge in [0.25, 0.3) is 5.91 Å². The summed E-state index contributed by atoms with van der Waals surface area (Å²) in [5.74, 6) is -1.60. The number of nitrogen functional groups attached to an aromatic ring is 1. The van der Waals surface area contributed by atoms with Crippen molar-refractivity contribution in [1.29, 1.82) is 0 Å². The average molecular weight is 291 g/mol. The number of carbonyl (C=O) groups is 2. The van der Waals surface area contributed by atoms with Crippen molar-refractivity contribution in [3.63, 3.8) is 0 Å². The third-order valence-corrected chi connectivity index (χ3v) is 2.81. The average Bonchev–Trinajstić information content (AvgIpc) is 2.37. The Balaban J connectivity index is 2.30. The summed E-state index contributed by atoms with van der Waals surface area (Å²) >= 11 is 5.82. The molecule has 0 fully saturated rings. The number of hydrogen-bond acceptors (Lipinski definition) is 3. The van der Waals surface area contributed by atoms with Crippen LogP contribution in [0.1, 0.15) is 20.7 Å². The Kier molecular flexibility index (Phi) is 3.91. The smallest absolute Gasteiger partial charge is 0.337 e. The van der Waals surface area contributed by atoms with Gasteiger partial charge in [-0.05, 0) is 30.3 Å². The molecule has 0 bridgehead atoms. The Hall–Kier alpha value is -2.53. The molecule has 0 aliphatic heterocycles. The van der Waals surface area contributed by atoms with Crippen molar-refractivity contribution in [2.24, 2.45) is 0 Å². The molecule has 2 aromatic rings. The van der Waals surface area contributed by atoms with Crippen molar-refractivity contribution in [2.75, 3.05) is 11.1 Å². The third-order valence-electron chi connectivity index (χ3n) is 2.59. The van der Waals surface area contributed by atoms with Crippen molar-refractivity contribution in [3.8, 4) is 0 Å². The number of carboxylic acid groups (broad SMARTS) is 1. The minimum Gasteiger partial charge on any atom is -0.478 e. The molecular formula is C14H11ClN2O3. The van der Waals surface area contributed by atoms with Gasteiger partial charge in [-0.15, -0.1) is 0 Å². The number of aromatic carboxylic acids is 1. The molecule has 4 N–H and O–H groups in total. The van der Waals surface area contributed by atoms with Crippen LogP contribution in [0.2, 0.25) is 5.02 Å². The molecule has 2 aromatic carbocycles. The number of amides is 1. The van der Waals surface area contributed by atoms with Crippen molar-refractivity contribution < 1.29 is 14.7 Å². The summed E-state index contributed by atoms with van der Waals surface area (Å²) in [5.41, 5.74) is 6.45. The van der Waals surface area contributed by atoms with E-state index in [2.05, 4.69) is 5.32 Å². The Morgan fingerprint density at radius 2 is 1.85 bits per heavy atom. The second-order valence-corrected chi connectivity index (χ2v) is 4.51. The molecule has 1 amide bonds. The van der Waals surface area contributed by atoms with Crippen LogP contribution in [0.15, 0.2) is 42.5 Å². The maximum atomic E-state index is 12.1. The molecule has 20 heavy (non-hydrogen) atoms. The van der Waals surface area contributed by atoms with Gasteiger partial charge < -0.3 is 16.2 Å². The monoisotopic (exact) mass is 290 g/mol. The van der Waals surface area contributed by atoms with E-state index < -0.39 is 11.9 Å². The lowest BCUT2D eigenvalue weighted by Crippen LogP contribution is -2.15. The molecule has 5 nitrogen and oxygen atoms in total. The van der Waals surface area contributed by atoms with Crippen LogP contribution >= 0.6 is 11.6 Å². The standard InChI is InChI=1S/C14H11ClN2O3/c15-9-5-8(6-10(16)7-9)13(18)17-12-4-2-1-3-11(12)14(19)20/h1-7H,16H2,(H,17,18)(H,19,20). The predicted octanol–water partition coefficient (Wildman–Crippen LogP) is 2.87. The fraction of sp³-hybridized carbons (Fsp3) is 0. The van der Waals surface area contributed by atoms with Gasteiger partial charge in [0.2, 0.25) is 0 Å². The first-order chi connectivity index (χ1) is 9.47. The second kappa shape index (κ2) is 5.63. The lowest BCUT2D eigenvalue weighted by atomic mass is 10.1. The predicted molar refractivity (Wildman–Crippen MR) is 77.2 cm³/mol. The first-order valence-electron chi connectivity index (χ1n) is 5.67. The normalized spacial score (nSPS) is 10.1. The molecular weight excluding hydrogens is 280 g/mol. The summed E-state index contributed by atoms with van der Waals surface area (Å²) in [6, 6.07) is 10.6. The molecule has 2 rings (SSSR count). The van der Waals surface area contributed by atoms with Gasteiger partial charge in [0.15, 0.2) is 0 Å². The van der Waals surface area contributed by atoms with Crippen LogP contribution in [0, 0.1) is 0 Å². The first kappa shape index (κ1) is 13.9. The number of hydrogen-bond donors (Lipinski definition) is 3. The number of halogens is 1. The first-order valence-corrected chi connectivity index (χ1v) is 6.05. The van der Waals surface area contributed by atoms with E-state index in [9.17, 15) is 9.59 Å².